The third kappa shape index (κ3) is 5.80. The minimum atomic E-state index is -4.71. The Kier molecular flexibility index (Phi) is 6.71. The van der Waals surface area contributed by atoms with Crippen LogP contribution in [0.1, 0.15) is 5.56 Å². The zero-order chi connectivity index (χ0) is 23.3. The number of amides is 2. The fourth-order valence-corrected chi connectivity index (χ4v) is 2.65. The van der Waals surface area contributed by atoms with E-state index in [1.54, 1.807) is 0 Å². The number of ether oxygens (including phenoxy) is 2. The van der Waals surface area contributed by atoms with Gasteiger partial charge in [0.2, 0.25) is 0 Å². The Labute approximate surface area is 178 Å². The molecule has 3 rings (SSSR count). The Balaban J connectivity index is 1.78. The number of aromatic nitrogens is 2. The van der Waals surface area contributed by atoms with Gasteiger partial charge in [-0.05, 0) is 36.4 Å². The zero-order valence-corrected chi connectivity index (χ0v) is 16.3. The highest BCUT2D eigenvalue weighted by Crippen LogP contribution is 2.36. The van der Waals surface area contributed by atoms with Gasteiger partial charge in [0.1, 0.15) is 11.3 Å². The molecule has 0 bridgehead atoms. The summed E-state index contributed by atoms with van der Waals surface area (Å²) in [5, 5.41) is 4.94. The number of urea groups is 1. The lowest BCUT2D eigenvalue weighted by molar-refractivity contribution is -0.137. The first-order chi connectivity index (χ1) is 15.2. The second-order valence-corrected chi connectivity index (χ2v) is 6.18. The molecule has 0 spiro atoms. The maximum absolute atomic E-state index is 13.4. The average Bonchev–Trinajstić information content (AvgIpc) is 2.74. The van der Waals surface area contributed by atoms with Crippen molar-refractivity contribution in [3.63, 3.8) is 0 Å². The molecule has 2 N–H and O–H groups in total. The van der Waals surface area contributed by atoms with Crippen molar-refractivity contribution in [2.75, 3.05) is 17.7 Å². The first-order valence-corrected chi connectivity index (χ1v) is 8.87. The number of alkyl halides is 5. The quantitative estimate of drug-likeness (QED) is 0.486. The molecular weight excluding hydrogens is 439 g/mol. The lowest BCUT2D eigenvalue weighted by atomic mass is 10.1. The summed E-state index contributed by atoms with van der Waals surface area (Å²) in [6.07, 6.45) is -4.09. The molecule has 1 heterocycles. The van der Waals surface area contributed by atoms with Gasteiger partial charge in [-0.3, -0.25) is 0 Å². The number of benzene rings is 2. The fraction of sp³-hybridized carbons (Fsp3) is 0.150. The number of hydrogen-bond acceptors (Lipinski definition) is 5. The van der Waals surface area contributed by atoms with Crippen LogP contribution in [0.4, 0.5) is 38.1 Å². The number of anilines is 2. The van der Waals surface area contributed by atoms with Crippen molar-refractivity contribution in [3.8, 4) is 23.0 Å². The summed E-state index contributed by atoms with van der Waals surface area (Å²) < 4.78 is 73.5. The highest BCUT2D eigenvalue weighted by atomic mass is 19.4. The number of rotatable bonds is 6. The van der Waals surface area contributed by atoms with Gasteiger partial charge in [-0.15, -0.1) is 0 Å². The van der Waals surface area contributed by atoms with Crippen LogP contribution in [0.25, 0.3) is 11.3 Å². The summed E-state index contributed by atoms with van der Waals surface area (Å²) in [4.78, 5) is 19.5. The minimum Gasteiger partial charge on any atom is -0.467 e. The van der Waals surface area contributed by atoms with Gasteiger partial charge in [-0.25, -0.2) is 9.78 Å². The molecule has 12 heteroatoms. The summed E-state index contributed by atoms with van der Waals surface area (Å²) in [6, 6.07) is 9.81. The van der Waals surface area contributed by atoms with Crippen molar-refractivity contribution < 1.29 is 36.2 Å². The van der Waals surface area contributed by atoms with Crippen LogP contribution in [0.5, 0.6) is 11.8 Å². The summed E-state index contributed by atoms with van der Waals surface area (Å²) >= 11 is 0. The summed E-state index contributed by atoms with van der Waals surface area (Å²) in [5.74, 6) is -0.0839. The zero-order valence-electron chi connectivity index (χ0n) is 16.3. The van der Waals surface area contributed by atoms with Crippen LogP contribution in [-0.4, -0.2) is 29.7 Å². The van der Waals surface area contributed by atoms with Crippen LogP contribution in [-0.2, 0) is 6.18 Å². The number of methoxy groups -OCH3 is 1. The van der Waals surface area contributed by atoms with Crippen molar-refractivity contribution in [2.45, 2.75) is 12.8 Å². The van der Waals surface area contributed by atoms with E-state index in [2.05, 4.69) is 25.3 Å². The van der Waals surface area contributed by atoms with Crippen molar-refractivity contribution in [1.82, 2.24) is 9.97 Å². The molecule has 0 aliphatic heterocycles. The van der Waals surface area contributed by atoms with E-state index in [0.717, 1.165) is 0 Å². The van der Waals surface area contributed by atoms with Crippen molar-refractivity contribution in [3.05, 3.63) is 60.3 Å². The molecule has 168 valence electrons. The van der Waals surface area contributed by atoms with Gasteiger partial charge < -0.3 is 20.1 Å². The number of halogens is 5. The van der Waals surface area contributed by atoms with E-state index in [1.165, 1.54) is 55.6 Å². The second kappa shape index (κ2) is 9.45. The third-order valence-electron chi connectivity index (χ3n) is 3.99. The van der Waals surface area contributed by atoms with Gasteiger partial charge in [-0.2, -0.15) is 26.9 Å². The van der Waals surface area contributed by atoms with Crippen molar-refractivity contribution in [2.24, 2.45) is 0 Å². The van der Waals surface area contributed by atoms with Gasteiger partial charge in [-0.1, -0.05) is 12.1 Å². The smallest absolute Gasteiger partial charge is 0.419 e. The van der Waals surface area contributed by atoms with Crippen molar-refractivity contribution >= 4 is 17.4 Å². The standard InChI is InChI=1S/C20H15F5N4O3/c1-31-19-26-10-15(20(23,24)25)16(29-19)11-3-2-4-13(9-11)28-18(30)27-12-5-7-14(8-6-12)32-17(21)22/h2-10,17H,1H3,(H2,27,28,30). The molecule has 2 aromatic carbocycles. The van der Waals surface area contributed by atoms with E-state index in [-0.39, 0.29) is 28.7 Å². The van der Waals surface area contributed by atoms with Crippen LogP contribution < -0.4 is 20.1 Å². The topological polar surface area (TPSA) is 85.4 Å². The van der Waals surface area contributed by atoms with E-state index in [0.29, 0.717) is 6.20 Å². The third-order valence-corrected chi connectivity index (χ3v) is 3.99. The van der Waals surface area contributed by atoms with Crippen LogP contribution in [0.2, 0.25) is 0 Å². The molecule has 0 unspecified atom stereocenters. The number of hydrogen-bond donors (Lipinski definition) is 2. The molecular formula is C20H15F5N4O3. The van der Waals surface area contributed by atoms with Crippen LogP contribution in [0, 0.1) is 0 Å². The van der Waals surface area contributed by atoms with Crippen LogP contribution >= 0.6 is 0 Å². The van der Waals surface area contributed by atoms with E-state index in [4.69, 9.17) is 4.74 Å². The molecule has 2 amide bonds. The molecule has 0 aliphatic rings. The van der Waals surface area contributed by atoms with Crippen LogP contribution in [0.3, 0.4) is 0 Å². The Hall–Kier alpha value is -3.96. The maximum atomic E-state index is 13.4. The summed E-state index contributed by atoms with van der Waals surface area (Å²) in [6.45, 7) is -2.97. The SMILES string of the molecule is COc1ncc(C(F)(F)F)c(-c2cccc(NC(=O)Nc3ccc(OC(F)F)cc3)c2)n1. The number of carbonyl (C=O) groups excluding carboxylic acids is 1. The Bertz CT molecular complexity index is 1090. The first kappa shape index (κ1) is 22.7. The van der Waals surface area contributed by atoms with E-state index >= 15 is 0 Å². The van der Waals surface area contributed by atoms with E-state index < -0.39 is 30.1 Å². The predicted octanol–water partition coefficient (Wildman–Crippen LogP) is 5.42. The Morgan fingerprint density at radius 1 is 1.03 bits per heavy atom. The molecule has 1 aromatic heterocycles. The first-order valence-electron chi connectivity index (χ1n) is 8.87. The normalized spacial score (nSPS) is 11.2. The van der Waals surface area contributed by atoms with Gasteiger partial charge >= 0.3 is 24.8 Å². The molecule has 0 fully saturated rings. The lowest BCUT2D eigenvalue weighted by Gasteiger charge is -2.14. The summed E-state index contributed by atoms with van der Waals surface area (Å²) in [7, 11) is 1.22. The van der Waals surface area contributed by atoms with Gasteiger partial charge in [0.25, 0.3) is 0 Å². The molecule has 0 saturated heterocycles. The van der Waals surface area contributed by atoms with E-state index in [9.17, 15) is 26.7 Å². The maximum Gasteiger partial charge on any atom is 0.419 e. The molecule has 32 heavy (non-hydrogen) atoms. The molecule has 7 nitrogen and oxygen atoms in total. The Morgan fingerprint density at radius 2 is 1.72 bits per heavy atom. The number of nitrogens with zero attached hydrogens (tertiary/aromatic N) is 2. The molecule has 0 atom stereocenters. The fourth-order valence-electron chi connectivity index (χ4n) is 2.65. The highest BCUT2D eigenvalue weighted by Gasteiger charge is 2.35. The van der Waals surface area contributed by atoms with Gasteiger partial charge in [0, 0.05) is 23.1 Å². The average molecular weight is 454 g/mol. The van der Waals surface area contributed by atoms with Gasteiger partial charge in [0.15, 0.2) is 0 Å². The lowest BCUT2D eigenvalue weighted by Crippen LogP contribution is -2.19. The second-order valence-electron chi connectivity index (χ2n) is 6.18. The van der Waals surface area contributed by atoms with Crippen LogP contribution in [0.15, 0.2) is 54.7 Å². The largest absolute Gasteiger partial charge is 0.467 e. The minimum absolute atomic E-state index is 0.0734. The molecule has 0 aliphatic carbocycles. The molecule has 3 aromatic rings. The molecule has 0 radical (unpaired) electrons. The predicted molar refractivity (Wildman–Crippen MR) is 105 cm³/mol. The number of nitrogens with one attached hydrogen (secondary N) is 2. The number of carbonyl (C=O) groups is 1. The Morgan fingerprint density at radius 3 is 2.34 bits per heavy atom. The molecule has 0 saturated carbocycles. The van der Waals surface area contributed by atoms with Gasteiger partial charge in [0.05, 0.1) is 12.8 Å². The van der Waals surface area contributed by atoms with E-state index in [1.807, 2.05) is 0 Å². The highest BCUT2D eigenvalue weighted by molar-refractivity contribution is 6.00. The van der Waals surface area contributed by atoms with Crippen molar-refractivity contribution in [1.29, 1.82) is 0 Å². The monoisotopic (exact) mass is 454 g/mol. The summed E-state index contributed by atoms with van der Waals surface area (Å²) in [5.41, 5.74) is -0.943.